The van der Waals surface area contributed by atoms with Crippen molar-refractivity contribution >= 4 is 28.2 Å². The fraction of sp³-hybridized carbons (Fsp3) is 0.133. The minimum absolute atomic E-state index is 0.520. The van der Waals surface area contributed by atoms with Gasteiger partial charge in [-0.15, -0.1) is 0 Å². The summed E-state index contributed by atoms with van der Waals surface area (Å²) in [5.74, 6) is 0.520. The van der Waals surface area contributed by atoms with Crippen molar-refractivity contribution in [2.75, 3.05) is 5.73 Å². The van der Waals surface area contributed by atoms with E-state index in [0.29, 0.717) is 17.4 Å². The van der Waals surface area contributed by atoms with E-state index in [0.717, 1.165) is 5.69 Å². The highest BCUT2D eigenvalue weighted by atomic mass is 35.5. The third kappa shape index (κ3) is 2.06. The molecule has 0 aliphatic heterocycles. The van der Waals surface area contributed by atoms with Crippen LogP contribution in [0.2, 0.25) is 5.02 Å². The van der Waals surface area contributed by atoms with Crippen LogP contribution in [0, 0.1) is 6.92 Å². The summed E-state index contributed by atoms with van der Waals surface area (Å²) in [7, 11) is 0. The van der Waals surface area contributed by atoms with Gasteiger partial charge >= 0.3 is 0 Å². The summed E-state index contributed by atoms with van der Waals surface area (Å²) in [6, 6.07) is 14.5. The van der Waals surface area contributed by atoms with Crippen LogP contribution in [0.4, 0.5) is 5.82 Å². The van der Waals surface area contributed by atoms with E-state index >= 15 is 0 Å². The predicted octanol–water partition coefficient (Wildman–Crippen LogP) is 3.63. The van der Waals surface area contributed by atoms with E-state index in [2.05, 4.69) is 29.4 Å². The lowest BCUT2D eigenvalue weighted by Crippen LogP contribution is -2.06. The Balaban J connectivity index is 2.08. The van der Waals surface area contributed by atoms with Crippen molar-refractivity contribution in [3.8, 4) is 0 Å². The smallest absolute Gasteiger partial charge is 0.141 e. The molecule has 1 heterocycles. The Bertz CT molecular complexity index is 741. The minimum Gasteiger partial charge on any atom is -0.383 e. The molecule has 0 radical (unpaired) electrons. The second kappa shape index (κ2) is 4.59. The summed E-state index contributed by atoms with van der Waals surface area (Å²) in [6.07, 6.45) is 0. The predicted molar refractivity (Wildman–Crippen MR) is 79.4 cm³/mol. The topological polar surface area (TPSA) is 43.8 Å². The highest BCUT2D eigenvalue weighted by Gasteiger charge is 2.11. The Hall–Kier alpha value is -2.00. The Kier molecular flexibility index (Phi) is 2.91. The summed E-state index contributed by atoms with van der Waals surface area (Å²) >= 11 is 6.07. The van der Waals surface area contributed by atoms with Gasteiger partial charge in [0.1, 0.15) is 10.8 Å². The van der Waals surface area contributed by atoms with Crippen molar-refractivity contribution in [1.82, 2.24) is 9.78 Å². The molecule has 3 rings (SSSR count). The number of benzene rings is 2. The molecular weight excluding hydrogens is 258 g/mol. The Morgan fingerprint density at radius 2 is 1.89 bits per heavy atom. The summed E-state index contributed by atoms with van der Waals surface area (Å²) in [5.41, 5.74) is 7.91. The second-order valence-electron chi connectivity index (χ2n) is 4.58. The average Bonchev–Trinajstić information content (AvgIpc) is 2.67. The van der Waals surface area contributed by atoms with E-state index in [1.807, 2.05) is 25.1 Å². The lowest BCUT2D eigenvalue weighted by molar-refractivity contribution is 0.692. The first-order valence-corrected chi connectivity index (χ1v) is 6.49. The first-order chi connectivity index (χ1) is 9.16. The van der Waals surface area contributed by atoms with Gasteiger partial charge in [0.2, 0.25) is 0 Å². The van der Waals surface area contributed by atoms with Crippen molar-refractivity contribution in [3.63, 3.8) is 0 Å². The van der Waals surface area contributed by atoms with E-state index < -0.39 is 0 Å². The van der Waals surface area contributed by atoms with Crippen LogP contribution in [-0.4, -0.2) is 9.78 Å². The van der Waals surface area contributed by atoms with Gasteiger partial charge in [-0.05, 0) is 23.3 Å². The van der Waals surface area contributed by atoms with Crippen molar-refractivity contribution in [2.45, 2.75) is 13.5 Å². The number of nitrogen functional groups attached to an aromatic ring is 1. The molecule has 0 saturated carbocycles. The van der Waals surface area contributed by atoms with Gasteiger partial charge in [0.15, 0.2) is 0 Å². The molecule has 96 valence electrons. The van der Waals surface area contributed by atoms with Crippen LogP contribution in [0.15, 0.2) is 42.5 Å². The molecular formula is C15H14ClN3. The lowest BCUT2D eigenvalue weighted by atomic mass is 10.0. The molecule has 3 nitrogen and oxygen atoms in total. The minimum atomic E-state index is 0.520. The molecule has 0 fully saturated rings. The lowest BCUT2D eigenvalue weighted by Gasteiger charge is -2.08. The highest BCUT2D eigenvalue weighted by molar-refractivity contribution is 6.33. The van der Waals surface area contributed by atoms with E-state index in [-0.39, 0.29) is 0 Å². The summed E-state index contributed by atoms with van der Waals surface area (Å²) < 4.78 is 1.75. The van der Waals surface area contributed by atoms with Crippen LogP contribution >= 0.6 is 11.6 Å². The molecule has 3 aromatic rings. The number of hydrogen-bond donors (Lipinski definition) is 1. The summed E-state index contributed by atoms with van der Waals surface area (Å²) in [4.78, 5) is 0. The first-order valence-electron chi connectivity index (χ1n) is 6.12. The quantitative estimate of drug-likeness (QED) is 0.773. The van der Waals surface area contributed by atoms with Gasteiger partial charge in [0, 0.05) is 0 Å². The largest absolute Gasteiger partial charge is 0.383 e. The zero-order chi connectivity index (χ0) is 13.4. The number of anilines is 1. The van der Waals surface area contributed by atoms with E-state index in [1.165, 1.54) is 16.3 Å². The molecule has 0 aliphatic carbocycles. The number of halogens is 1. The molecule has 2 aromatic carbocycles. The Morgan fingerprint density at radius 3 is 2.63 bits per heavy atom. The number of nitrogens with zero attached hydrogens (tertiary/aromatic N) is 2. The molecule has 19 heavy (non-hydrogen) atoms. The number of aryl methyl sites for hydroxylation is 1. The fourth-order valence-electron chi connectivity index (χ4n) is 2.29. The third-order valence-electron chi connectivity index (χ3n) is 3.29. The van der Waals surface area contributed by atoms with E-state index in [9.17, 15) is 0 Å². The van der Waals surface area contributed by atoms with Gasteiger partial charge in [0.25, 0.3) is 0 Å². The van der Waals surface area contributed by atoms with Crippen LogP contribution in [-0.2, 0) is 6.54 Å². The zero-order valence-electron chi connectivity index (χ0n) is 10.6. The molecule has 4 heteroatoms. The first kappa shape index (κ1) is 12.1. The second-order valence-corrected chi connectivity index (χ2v) is 4.96. The van der Waals surface area contributed by atoms with Gasteiger partial charge in [-0.25, -0.2) is 4.68 Å². The van der Waals surface area contributed by atoms with Crippen molar-refractivity contribution < 1.29 is 0 Å². The number of nitrogens with two attached hydrogens (primary N) is 1. The normalized spacial score (nSPS) is 11.1. The highest BCUT2D eigenvalue weighted by Crippen LogP contribution is 2.25. The SMILES string of the molecule is Cc1nn(Cc2cccc3ccccc23)c(N)c1Cl. The molecule has 1 aromatic heterocycles. The number of aromatic nitrogens is 2. The Morgan fingerprint density at radius 1 is 1.16 bits per heavy atom. The maximum absolute atomic E-state index is 6.07. The van der Waals surface area contributed by atoms with E-state index in [1.54, 1.807) is 4.68 Å². The van der Waals surface area contributed by atoms with Gasteiger partial charge in [-0.2, -0.15) is 5.10 Å². The van der Waals surface area contributed by atoms with Gasteiger partial charge in [-0.1, -0.05) is 54.1 Å². The molecule has 0 saturated heterocycles. The van der Waals surface area contributed by atoms with Gasteiger partial charge in [0.05, 0.1) is 12.2 Å². The maximum atomic E-state index is 6.07. The molecule has 0 spiro atoms. The standard InChI is InChI=1S/C15H14ClN3/c1-10-14(16)15(17)19(18-10)9-12-7-4-6-11-5-2-3-8-13(11)12/h2-8H,9,17H2,1H3. The van der Waals surface area contributed by atoms with Crippen molar-refractivity contribution in [1.29, 1.82) is 0 Å². The van der Waals surface area contributed by atoms with Gasteiger partial charge in [-0.3, -0.25) is 0 Å². The van der Waals surface area contributed by atoms with E-state index in [4.69, 9.17) is 17.3 Å². The number of rotatable bonds is 2. The molecule has 0 unspecified atom stereocenters. The molecule has 2 N–H and O–H groups in total. The Labute approximate surface area is 116 Å². The number of fused-ring (bicyclic) bond motifs is 1. The summed E-state index contributed by atoms with van der Waals surface area (Å²) in [6.45, 7) is 2.49. The molecule has 0 aliphatic rings. The third-order valence-corrected chi connectivity index (χ3v) is 3.76. The van der Waals surface area contributed by atoms with Crippen LogP contribution in [0.3, 0.4) is 0 Å². The van der Waals surface area contributed by atoms with Crippen LogP contribution < -0.4 is 5.73 Å². The van der Waals surface area contributed by atoms with Crippen LogP contribution in [0.1, 0.15) is 11.3 Å². The fourth-order valence-corrected chi connectivity index (χ4v) is 2.43. The monoisotopic (exact) mass is 271 g/mol. The molecule has 0 atom stereocenters. The average molecular weight is 272 g/mol. The maximum Gasteiger partial charge on any atom is 0.141 e. The number of hydrogen-bond acceptors (Lipinski definition) is 2. The van der Waals surface area contributed by atoms with Gasteiger partial charge < -0.3 is 5.73 Å². The molecule has 0 amide bonds. The van der Waals surface area contributed by atoms with Crippen LogP contribution in [0.5, 0.6) is 0 Å². The van der Waals surface area contributed by atoms with Crippen molar-refractivity contribution in [3.05, 3.63) is 58.7 Å². The summed E-state index contributed by atoms with van der Waals surface area (Å²) in [5, 5.41) is 7.35. The zero-order valence-corrected chi connectivity index (χ0v) is 11.4. The molecule has 0 bridgehead atoms. The van der Waals surface area contributed by atoms with Crippen LogP contribution in [0.25, 0.3) is 10.8 Å². The van der Waals surface area contributed by atoms with Crippen molar-refractivity contribution in [2.24, 2.45) is 0 Å².